The number of hydrogen-bond donors (Lipinski definition) is 1. The summed E-state index contributed by atoms with van der Waals surface area (Å²) < 4.78 is 24.5. The van der Waals surface area contributed by atoms with Crippen LogP contribution in [0.2, 0.25) is 0 Å². The minimum Gasteiger partial charge on any atom is -0.376 e. The van der Waals surface area contributed by atoms with Crippen molar-refractivity contribution in [3.63, 3.8) is 0 Å². The van der Waals surface area contributed by atoms with Crippen LogP contribution in [0.4, 0.5) is 4.39 Å². The molecule has 1 saturated heterocycles. The summed E-state index contributed by atoms with van der Waals surface area (Å²) >= 11 is 0. The number of halogens is 1. The highest BCUT2D eigenvalue weighted by Crippen LogP contribution is 2.20. The van der Waals surface area contributed by atoms with Crippen molar-refractivity contribution in [3.8, 4) is 0 Å². The second-order valence-corrected chi connectivity index (χ2v) is 4.92. The molecule has 1 N–H and O–H groups in total. The van der Waals surface area contributed by atoms with Crippen molar-refractivity contribution >= 4 is 0 Å². The van der Waals surface area contributed by atoms with E-state index in [9.17, 15) is 4.39 Å². The highest BCUT2D eigenvalue weighted by atomic mass is 19.1. The van der Waals surface area contributed by atoms with Crippen molar-refractivity contribution in [2.45, 2.75) is 31.5 Å². The summed E-state index contributed by atoms with van der Waals surface area (Å²) in [4.78, 5) is 0. The van der Waals surface area contributed by atoms with Gasteiger partial charge in [0, 0.05) is 13.2 Å². The van der Waals surface area contributed by atoms with Crippen LogP contribution in [-0.2, 0) is 9.47 Å². The van der Waals surface area contributed by atoms with Crippen molar-refractivity contribution < 1.29 is 13.9 Å². The summed E-state index contributed by atoms with van der Waals surface area (Å²) in [7, 11) is 1.89. The molecule has 1 fully saturated rings. The Kier molecular flexibility index (Phi) is 5.76. The Morgan fingerprint density at radius 2 is 2.16 bits per heavy atom. The zero-order valence-electron chi connectivity index (χ0n) is 11.4. The first-order chi connectivity index (χ1) is 9.29. The Hall–Kier alpha value is -0.970. The van der Waals surface area contributed by atoms with E-state index in [1.165, 1.54) is 18.6 Å². The van der Waals surface area contributed by atoms with E-state index in [-0.39, 0.29) is 18.0 Å². The van der Waals surface area contributed by atoms with E-state index in [1.54, 1.807) is 12.1 Å². The molecular weight excluding hydrogens is 245 g/mol. The molecule has 0 bridgehead atoms. The van der Waals surface area contributed by atoms with Crippen LogP contribution >= 0.6 is 0 Å². The average molecular weight is 267 g/mol. The minimum absolute atomic E-state index is 0.0591. The highest BCUT2D eigenvalue weighted by Gasteiger charge is 2.18. The first-order valence-electron chi connectivity index (χ1n) is 6.93. The third-order valence-electron chi connectivity index (χ3n) is 3.39. The molecule has 0 aromatic heterocycles. The molecule has 0 spiro atoms. The van der Waals surface area contributed by atoms with Gasteiger partial charge in [0.25, 0.3) is 0 Å². The van der Waals surface area contributed by atoms with Crippen LogP contribution in [0.3, 0.4) is 0 Å². The lowest BCUT2D eigenvalue weighted by molar-refractivity contribution is -0.0630. The van der Waals surface area contributed by atoms with Crippen molar-refractivity contribution in [2.75, 3.05) is 26.8 Å². The Bertz CT molecular complexity index is 363. The van der Waals surface area contributed by atoms with Crippen LogP contribution in [0, 0.1) is 5.82 Å². The van der Waals surface area contributed by atoms with Gasteiger partial charge in [0.1, 0.15) is 5.82 Å². The van der Waals surface area contributed by atoms with Gasteiger partial charge in [-0.2, -0.15) is 0 Å². The molecular formula is C15H22FNO2. The van der Waals surface area contributed by atoms with Crippen LogP contribution in [-0.4, -0.2) is 32.9 Å². The van der Waals surface area contributed by atoms with Crippen LogP contribution in [0.25, 0.3) is 0 Å². The number of nitrogens with one attached hydrogen (secondary N) is 1. The third-order valence-corrected chi connectivity index (χ3v) is 3.39. The van der Waals surface area contributed by atoms with Gasteiger partial charge in [0.05, 0.1) is 18.8 Å². The Morgan fingerprint density at radius 1 is 1.37 bits per heavy atom. The predicted molar refractivity (Wildman–Crippen MR) is 72.6 cm³/mol. The monoisotopic (exact) mass is 267 g/mol. The van der Waals surface area contributed by atoms with Gasteiger partial charge >= 0.3 is 0 Å². The van der Waals surface area contributed by atoms with E-state index in [1.807, 2.05) is 7.05 Å². The SMILES string of the molecule is CNCC(OCC1CCCCO1)c1ccc(F)cc1. The molecule has 19 heavy (non-hydrogen) atoms. The lowest BCUT2D eigenvalue weighted by Crippen LogP contribution is -2.28. The topological polar surface area (TPSA) is 30.5 Å². The summed E-state index contributed by atoms with van der Waals surface area (Å²) in [5.41, 5.74) is 0.992. The molecule has 0 saturated carbocycles. The molecule has 1 aliphatic heterocycles. The summed E-state index contributed by atoms with van der Waals surface area (Å²) in [6.45, 7) is 2.14. The second kappa shape index (κ2) is 7.58. The molecule has 1 aromatic carbocycles. The molecule has 1 heterocycles. The van der Waals surface area contributed by atoms with Crippen molar-refractivity contribution in [1.82, 2.24) is 5.32 Å². The fourth-order valence-corrected chi connectivity index (χ4v) is 2.30. The molecule has 0 amide bonds. The first kappa shape index (κ1) is 14.4. The Balaban J connectivity index is 1.89. The molecule has 0 radical (unpaired) electrons. The fourth-order valence-electron chi connectivity index (χ4n) is 2.30. The maximum atomic E-state index is 12.9. The first-order valence-corrected chi connectivity index (χ1v) is 6.93. The van der Waals surface area contributed by atoms with E-state index in [4.69, 9.17) is 9.47 Å². The van der Waals surface area contributed by atoms with Crippen molar-refractivity contribution in [1.29, 1.82) is 0 Å². The van der Waals surface area contributed by atoms with Gasteiger partial charge in [-0.15, -0.1) is 0 Å². The summed E-state index contributed by atoms with van der Waals surface area (Å²) in [6.07, 6.45) is 3.57. The summed E-state index contributed by atoms with van der Waals surface area (Å²) in [5.74, 6) is -0.220. The lowest BCUT2D eigenvalue weighted by atomic mass is 10.1. The van der Waals surface area contributed by atoms with Crippen LogP contribution in [0.5, 0.6) is 0 Å². The highest BCUT2D eigenvalue weighted by molar-refractivity contribution is 5.19. The standard InChI is InChI=1S/C15H22FNO2/c1-17-10-15(12-5-7-13(16)8-6-12)19-11-14-4-2-3-9-18-14/h5-8,14-15,17H,2-4,9-11H2,1H3. The van der Waals surface area contributed by atoms with E-state index in [2.05, 4.69) is 5.32 Å². The molecule has 2 unspecified atom stereocenters. The average Bonchev–Trinajstić information content (AvgIpc) is 2.46. The van der Waals surface area contributed by atoms with Gasteiger partial charge in [-0.1, -0.05) is 12.1 Å². The maximum absolute atomic E-state index is 12.9. The van der Waals surface area contributed by atoms with Crippen molar-refractivity contribution in [3.05, 3.63) is 35.6 Å². The normalized spacial score (nSPS) is 21.3. The number of ether oxygens (including phenoxy) is 2. The van der Waals surface area contributed by atoms with E-state index >= 15 is 0 Å². The maximum Gasteiger partial charge on any atom is 0.123 e. The van der Waals surface area contributed by atoms with Crippen LogP contribution in [0.15, 0.2) is 24.3 Å². The quantitative estimate of drug-likeness (QED) is 0.859. The van der Waals surface area contributed by atoms with Gasteiger partial charge in [-0.25, -0.2) is 4.39 Å². The molecule has 1 aromatic rings. The predicted octanol–water partition coefficient (Wildman–Crippen LogP) is 2.67. The van der Waals surface area contributed by atoms with Gasteiger partial charge < -0.3 is 14.8 Å². The number of rotatable bonds is 6. The second-order valence-electron chi connectivity index (χ2n) is 4.92. The number of hydrogen-bond acceptors (Lipinski definition) is 3. The van der Waals surface area contributed by atoms with E-state index < -0.39 is 0 Å². The smallest absolute Gasteiger partial charge is 0.123 e. The molecule has 2 rings (SSSR count). The number of benzene rings is 1. The third kappa shape index (κ3) is 4.56. The number of likely N-dealkylation sites (N-methyl/N-ethyl adjacent to an activating group) is 1. The molecule has 0 aliphatic carbocycles. The van der Waals surface area contributed by atoms with E-state index in [0.29, 0.717) is 13.2 Å². The van der Waals surface area contributed by atoms with Crippen molar-refractivity contribution in [2.24, 2.45) is 0 Å². The molecule has 1 aliphatic rings. The zero-order valence-corrected chi connectivity index (χ0v) is 11.4. The van der Waals surface area contributed by atoms with Gasteiger partial charge in [0.15, 0.2) is 0 Å². The summed E-state index contributed by atoms with van der Waals surface area (Å²) in [6, 6.07) is 6.50. The van der Waals surface area contributed by atoms with Crippen LogP contribution in [0.1, 0.15) is 30.9 Å². The summed E-state index contributed by atoms with van der Waals surface area (Å²) in [5, 5.41) is 3.11. The van der Waals surface area contributed by atoms with E-state index in [0.717, 1.165) is 25.0 Å². The van der Waals surface area contributed by atoms with Gasteiger partial charge in [-0.3, -0.25) is 0 Å². The Labute approximate surface area is 114 Å². The fraction of sp³-hybridized carbons (Fsp3) is 0.600. The Morgan fingerprint density at radius 3 is 2.79 bits per heavy atom. The molecule has 2 atom stereocenters. The lowest BCUT2D eigenvalue weighted by Gasteiger charge is -2.25. The largest absolute Gasteiger partial charge is 0.376 e. The zero-order chi connectivity index (χ0) is 13.5. The minimum atomic E-state index is -0.220. The molecule has 3 nitrogen and oxygen atoms in total. The van der Waals surface area contributed by atoms with Crippen LogP contribution < -0.4 is 5.32 Å². The molecule has 106 valence electrons. The van der Waals surface area contributed by atoms with Gasteiger partial charge in [0.2, 0.25) is 0 Å². The molecule has 4 heteroatoms. The van der Waals surface area contributed by atoms with Gasteiger partial charge in [-0.05, 0) is 44.0 Å².